The molecule has 0 saturated carbocycles. The Balaban J connectivity index is 1.90. The van der Waals surface area contributed by atoms with Gasteiger partial charge in [0.15, 0.2) is 6.10 Å². The van der Waals surface area contributed by atoms with Gasteiger partial charge in [-0.3, -0.25) is 4.79 Å². The number of nitrogens with one attached hydrogen (secondary N) is 1. The van der Waals surface area contributed by atoms with Crippen molar-refractivity contribution < 1.29 is 13.9 Å². The smallest absolute Gasteiger partial charge is 0.261 e. The molecule has 2 rings (SSSR count). The molecule has 1 aromatic carbocycles. The minimum atomic E-state index is -0.677. The van der Waals surface area contributed by atoms with E-state index in [-0.39, 0.29) is 5.91 Å². The Kier molecular flexibility index (Phi) is 4.93. The van der Waals surface area contributed by atoms with Gasteiger partial charge in [-0.2, -0.15) is 0 Å². The van der Waals surface area contributed by atoms with Gasteiger partial charge in [-0.15, -0.1) is 0 Å². The maximum atomic E-state index is 11.9. The largest absolute Gasteiger partial charge is 0.479 e. The summed E-state index contributed by atoms with van der Waals surface area (Å²) in [5, 5.41) is 3.58. The molecule has 2 aromatic rings. The van der Waals surface area contributed by atoms with Gasteiger partial charge in [-0.1, -0.05) is 23.2 Å². The molecule has 1 N–H and O–H groups in total. The SMILES string of the molecule is CC(Oc1ccc(Cl)cc1Cl)C(=O)NCc1ccco1. The second kappa shape index (κ2) is 6.68. The van der Waals surface area contributed by atoms with Gasteiger partial charge < -0.3 is 14.5 Å². The Morgan fingerprint density at radius 2 is 2.20 bits per heavy atom. The maximum Gasteiger partial charge on any atom is 0.261 e. The van der Waals surface area contributed by atoms with E-state index in [9.17, 15) is 4.79 Å². The van der Waals surface area contributed by atoms with Crippen LogP contribution in [-0.4, -0.2) is 12.0 Å². The number of furan rings is 1. The normalized spacial score (nSPS) is 11.9. The number of halogens is 2. The highest BCUT2D eigenvalue weighted by Gasteiger charge is 2.16. The van der Waals surface area contributed by atoms with Crippen LogP contribution in [0.1, 0.15) is 12.7 Å². The molecule has 0 saturated heterocycles. The van der Waals surface area contributed by atoms with E-state index in [0.29, 0.717) is 28.1 Å². The summed E-state index contributed by atoms with van der Waals surface area (Å²) in [5.74, 6) is 0.833. The van der Waals surface area contributed by atoms with Crippen molar-refractivity contribution in [2.75, 3.05) is 0 Å². The third-order valence-electron chi connectivity index (χ3n) is 2.58. The van der Waals surface area contributed by atoms with E-state index in [1.807, 2.05) is 0 Å². The van der Waals surface area contributed by atoms with Gasteiger partial charge in [0.05, 0.1) is 17.8 Å². The van der Waals surface area contributed by atoms with Crippen molar-refractivity contribution in [1.29, 1.82) is 0 Å². The van der Waals surface area contributed by atoms with Crippen LogP contribution in [0.4, 0.5) is 0 Å². The predicted octanol–water partition coefficient (Wildman–Crippen LogP) is 3.67. The molecule has 0 aliphatic carbocycles. The van der Waals surface area contributed by atoms with Crippen molar-refractivity contribution in [3.05, 3.63) is 52.4 Å². The fourth-order valence-electron chi connectivity index (χ4n) is 1.55. The summed E-state index contributed by atoms with van der Waals surface area (Å²) in [6.07, 6.45) is 0.873. The first-order chi connectivity index (χ1) is 9.56. The molecule has 0 radical (unpaired) electrons. The Morgan fingerprint density at radius 1 is 1.40 bits per heavy atom. The van der Waals surface area contributed by atoms with Gasteiger partial charge >= 0.3 is 0 Å². The van der Waals surface area contributed by atoms with E-state index in [1.54, 1.807) is 43.5 Å². The highest BCUT2D eigenvalue weighted by atomic mass is 35.5. The van der Waals surface area contributed by atoms with Crippen molar-refractivity contribution in [1.82, 2.24) is 5.32 Å². The fourth-order valence-corrected chi connectivity index (χ4v) is 2.00. The number of carbonyl (C=O) groups is 1. The van der Waals surface area contributed by atoms with E-state index in [0.717, 1.165) is 0 Å². The Bertz CT molecular complexity index is 584. The molecular formula is C14H13Cl2NO3. The van der Waals surface area contributed by atoms with Crippen molar-refractivity contribution in [3.8, 4) is 5.75 Å². The summed E-state index contributed by atoms with van der Waals surface area (Å²) in [6, 6.07) is 8.37. The lowest BCUT2D eigenvalue weighted by molar-refractivity contribution is -0.127. The number of hydrogen-bond acceptors (Lipinski definition) is 3. The molecule has 1 unspecified atom stereocenters. The first kappa shape index (κ1) is 14.8. The van der Waals surface area contributed by atoms with E-state index in [2.05, 4.69) is 5.32 Å². The minimum Gasteiger partial charge on any atom is -0.479 e. The summed E-state index contributed by atoms with van der Waals surface area (Å²) in [4.78, 5) is 11.9. The topological polar surface area (TPSA) is 51.5 Å². The maximum absolute atomic E-state index is 11.9. The number of carbonyl (C=O) groups excluding carboxylic acids is 1. The number of ether oxygens (including phenoxy) is 1. The molecular weight excluding hydrogens is 301 g/mol. The number of amides is 1. The molecule has 20 heavy (non-hydrogen) atoms. The molecule has 0 aliphatic rings. The molecule has 0 bridgehead atoms. The third kappa shape index (κ3) is 3.92. The minimum absolute atomic E-state index is 0.257. The van der Waals surface area contributed by atoms with Gasteiger partial charge in [-0.25, -0.2) is 0 Å². The van der Waals surface area contributed by atoms with Crippen LogP contribution in [0.5, 0.6) is 5.75 Å². The first-order valence-corrected chi connectivity index (χ1v) is 6.73. The number of rotatable bonds is 5. The Hall–Kier alpha value is -1.65. The van der Waals surface area contributed by atoms with Gasteiger partial charge in [0.25, 0.3) is 5.91 Å². The summed E-state index contributed by atoms with van der Waals surface area (Å²) >= 11 is 11.8. The molecule has 6 heteroatoms. The molecule has 1 atom stereocenters. The molecule has 4 nitrogen and oxygen atoms in total. The first-order valence-electron chi connectivity index (χ1n) is 5.98. The third-order valence-corrected chi connectivity index (χ3v) is 3.11. The number of benzene rings is 1. The van der Waals surface area contributed by atoms with Crippen molar-refractivity contribution in [2.24, 2.45) is 0 Å². The second-order valence-corrected chi connectivity index (χ2v) is 4.98. The summed E-state index contributed by atoms with van der Waals surface area (Å²) in [7, 11) is 0. The highest BCUT2D eigenvalue weighted by Crippen LogP contribution is 2.28. The van der Waals surface area contributed by atoms with Crippen LogP contribution in [0.25, 0.3) is 0 Å². The summed E-state index contributed by atoms with van der Waals surface area (Å²) < 4.78 is 10.6. The van der Waals surface area contributed by atoms with Crippen LogP contribution >= 0.6 is 23.2 Å². The zero-order valence-electron chi connectivity index (χ0n) is 10.7. The van der Waals surface area contributed by atoms with Crippen LogP contribution in [0.15, 0.2) is 41.0 Å². The average Bonchev–Trinajstić information content (AvgIpc) is 2.92. The van der Waals surface area contributed by atoms with Gasteiger partial charge in [0, 0.05) is 5.02 Å². The van der Waals surface area contributed by atoms with Gasteiger partial charge in [0.2, 0.25) is 0 Å². The average molecular weight is 314 g/mol. The molecule has 0 aliphatic heterocycles. The lowest BCUT2D eigenvalue weighted by Gasteiger charge is -2.15. The van der Waals surface area contributed by atoms with Gasteiger partial charge in [0.1, 0.15) is 11.5 Å². The molecule has 1 heterocycles. The van der Waals surface area contributed by atoms with Crippen molar-refractivity contribution in [2.45, 2.75) is 19.6 Å². The standard InChI is InChI=1S/C14H13Cl2NO3/c1-9(14(18)17-8-11-3-2-6-19-11)20-13-5-4-10(15)7-12(13)16/h2-7,9H,8H2,1H3,(H,17,18). The molecule has 0 fully saturated rings. The lowest BCUT2D eigenvalue weighted by atomic mass is 10.3. The molecule has 1 amide bonds. The lowest BCUT2D eigenvalue weighted by Crippen LogP contribution is -2.35. The predicted molar refractivity (Wildman–Crippen MR) is 77.1 cm³/mol. The van der Waals surface area contributed by atoms with E-state index in [4.69, 9.17) is 32.4 Å². The van der Waals surface area contributed by atoms with Crippen molar-refractivity contribution >= 4 is 29.1 Å². The summed E-state index contributed by atoms with van der Waals surface area (Å²) in [6.45, 7) is 1.95. The van der Waals surface area contributed by atoms with E-state index >= 15 is 0 Å². The monoisotopic (exact) mass is 313 g/mol. The molecule has 0 spiro atoms. The Morgan fingerprint density at radius 3 is 2.85 bits per heavy atom. The van der Waals surface area contributed by atoms with E-state index in [1.165, 1.54) is 0 Å². The van der Waals surface area contributed by atoms with Gasteiger partial charge in [-0.05, 0) is 37.3 Å². The zero-order valence-corrected chi connectivity index (χ0v) is 12.2. The quantitative estimate of drug-likeness (QED) is 0.916. The fraction of sp³-hybridized carbons (Fsp3) is 0.214. The molecule has 106 valence electrons. The van der Waals surface area contributed by atoms with Crippen LogP contribution in [-0.2, 0) is 11.3 Å². The second-order valence-electron chi connectivity index (χ2n) is 4.13. The van der Waals surface area contributed by atoms with Crippen LogP contribution < -0.4 is 10.1 Å². The Labute approximate surface area is 126 Å². The van der Waals surface area contributed by atoms with Crippen LogP contribution in [0.2, 0.25) is 10.0 Å². The van der Waals surface area contributed by atoms with E-state index < -0.39 is 6.10 Å². The van der Waals surface area contributed by atoms with Crippen LogP contribution in [0.3, 0.4) is 0 Å². The highest BCUT2D eigenvalue weighted by molar-refractivity contribution is 6.35. The van der Waals surface area contributed by atoms with Crippen LogP contribution in [0, 0.1) is 0 Å². The molecule has 1 aromatic heterocycles. The van der Waals surface area contributed by atoms with Crippen molar-refractivity contribution in [3.63, 3.8) is 0 Å². The zero-order chi connectivity index (χ0) is 14.5. The summed E-state index contributed by atoms with van der Waals surface area (Å²) in [5.41, 5.74) is 0. The number of hydrogen-bond donors (Lipinski definition) is 1.